The molecule has 19 heavy (non-hydrogen) atoms. The average molecular weight is 295 g/mol. The van der Waals surface area contributed by atoms with E-state index in [-0.39, 0.29) is 25.1 Å². The summed E-state index contributed by atoms with van der Waals surface area (Å²) in [6.07, 6.45) is 0.707. The Labute approximate surface area is 113 Å². The van der Waals surface area contributed by atoms with Crippen LogP contribution in [0.4, 0.5) is 0 Å². The van der Waals surface area contributed by atoms with Crippen molar-refractivity contribution in [2.24, 2.45) is 0 Å². The van der Waals surface area contributed by atoms with Crippen LogP contribution in [0.15, 0.2) is 0 Å². The lowest BCUT2D eigenvalue weighted by Gasteiger charge is -2.35. The van der Waals surface area contributed by atoms with Gasteiger partial charge in [0.25, 0.3) is 0 Å². The molecule has 2 N–H and O–H groups in total. The van der Waals surface area contributed by atoms with Crippen LogP contribution in [-0.4, -0.2) is 67.1 Å². The van der Waals surface area contributed by atoms with Crippen molar-refractivity contribution in [1.82, 2.24) is 4.31 Å². The van der Waals surface area contributed by atoms with E-state index in [1.54, 1.807) is 0 Å². The molecule has 1 saturated heterocycles. The van der Waals surface area contributed by atoms with Gasteiger partial charge >= 0.3 is 5.97 Å². The van der Waals surface area contributed by atoms with Gasteiger partial charge in [-0.25, -0.2) is 12.7 Å². The summed E-state index contributed by atoms with van der Waals surface area (Å²) in [5.41, 5.74) is -1.05. The molecule has 0 aliphatic carbocycles. The highest BCUT2D eigenvalue weighted by Gasteiger charge is 2.34. The highest BCUT2D eigenvalue weighted by atomic mass is 32.2. The van der Waals surface area contributed by atoms with Gasteiger partial charge in [-0.15, -0.1) is 0 Å². The van der Waals surface area contributed by atoms with E-state index in [0.29, 0.717) is 26.1 Å². The molecule has 0 aromatic heterocycles. The third kappa shape index (κ3) is 5.43. The van der Waals surface area contributed by atoms with Crippen molar-refractivity contribution in [1.29, 1.82) is 0 Å². The zero-order valence-corrected chi connectivity index (χ0v) is 11.9. The third-order valence-electron chi connectivity index (χ3n) is 3.21. The van der Waals surface area contributed by atoms with Crippen molar-refractivity contribution in [3.8, 4) is 0 Å². The fourth-order valence-corrected chi connectivity index (χ4v) is 3.24. The summed E-state index contributed by atoms with van der Waals surface area (Å²) in [4.78, 5) is 10.4. The fraction of sp³-hybridized carbons (Fsp3) is 0.909. The van der Waals surface area contributed by atoms with E-state index >= 15 is 0 Å². The van der Waals surface area contributed by atoms with Crippen molar-refractivity contribution >= 4 is 16.0 Å². The Hall–Kier alpha value is -0.700. The minimum absolute atomic E-state index is 0.0196. The van der Waals surface area contributed by atoms with E-state index in [1.165, 1.54) is 7.05 Å². The van der Waals surface area contributed by atoms with Gasteiger partial charge in [0.2, 0.25) is 10.0 Å². The van der Waals surface area contributed by atoms with Crippen LogP contribution in [0.2, 0.25) is 0 Å². The monoisotopic (exact) mass is 295 g/mol. The molecule has 8 heteroatoms. The van der Waals surface area contributed by atoms with Gasteiger partial charge in [0.15, 0.2) is 0 Å². The molecule has 112 valence electrons. The molecule has 1 aliphatic rings. The minimum atomic E-state index is -3.52. The minimum Gasteiger partial charge on any atom is -0.481 e. The molecule has 0 unspecified atom stereocenters. The van der Waals surface area contributed by atoms with E-state index in [2.05, 4.69) is 0 Å². The summed E-state index contributed by atoms with van der Waals surface area (Å²) >= 11 is 0. The van der Waals surface area contributed by atoms with Gasteiger partial charge in [-0.05, 0) is 6.42 Å². The Morgan fingerprint density at radius 1 is 1.37 bits per heavy atom. The first-order valence-corrected chi connectivity index (χ1v) is 7.82. The average Bonchev–Trinajstić information content (AvgIpc) is 2.28. The van der Waals surface area contributed by atoms with Crippen LogP contribution in [-0.2, 0) is 19.6 Å². The van der Waals surface area contributed by atoms with Gasteiger partial charge in [0, 0.05) is 46.1 Å². The maximum Gasteiger partial charge on any atom is 0.303 e. The molecule has 0 radical (unpaired) electrons. The van der Waals surface area contributed by atoms with Gasteiger partial charge in [0.1, 0.15) is 0 Å². The second-order valence-corrected chi connectivity index (χ2v) is 7.10. The first kappa shape index (κ1) is 16.4. The predicted molar refractivity (Wildman–Crippen MR) is 68.3 cm³/mol. The number of likely N-dealkylation sites (N-methyl/N-ethyl adjacent to an activating group) is 1. The quantitative estimate of drug-likeness (QED) is 0.665. The molecule has 0 atom stereocenters. The molecule has 1 heterocycles. The van der Waals surface area contributed by atoms with Crippen LogP contribution in [0.3, 0.4) is 0 Å². The Bertz CT molecular complexity index is 401. The number of aliphatic hydroxyl groups is 1. The first-order chi connectivity index (χ1) is 8.75. The highest BCUT2D eigenvalue weighted by Crippen LogP contribution is 2.22. The normalized spacial score (nSPS) is 19.5. The standard InChI is InChI=1S/C11H21NO6S/c1-12(9-11(15)4-6-18-7-5-11)19(16,17)8-2-3-10(13)14/h15H,2-9H2,1H3,(H,13,14). The Morgan fingerprint density at radius 2 is 1.95 bits per heavy atom. The second-order valence-electron chi connectivity index (χ2n) is 4.91. The Morgan fingerprint density at radius 3 is 2.47 bits per heavy atom. The lowest BCUT2D eigenvalue weighted by Crippen LogP contribution is -2.47. The SMILES string of the molecule is CN(CC1(O)CCOCC1)S(=O)(=O)CCCC(=O)O. The summed E-state index contributed by atoms with van der Waals surface area (Å²) in [6.45, 7) is 0.860. The second kappa shape index (κ2) is 6.65. The number of sulfonamides is 1. The molecule has 0 aromatic carbocycles. The van der Waals surface area contributed by atoms with Gasteiger partial charge in [-0.3, -0.25) is 4.79 Å². The fourth-order valence-electron chi connectivity index (χ4n) is 1.98. The Balaban J connectivity index is 2.50. The van der Waals surface area contributed by atoms with Crippen LogP contribution in [0.1, 0.15) is 25.7 Å². The molecule has 0 aromatic rings. The Kier molecular flexibility index (Phi) is 5.72. The maximum absolute atomic E-state index is 11.9. The number of hydrogen-bond acceptors (Lipinski definition) is 5. The smallest absolute Gasteiger partial charge is 0.303 e. The summed E-state index contributed by atoms with van der Waals surface area (Å²) in [6, 6.07) is 0. The van der Waals surface area contributed by atoms with Crippen molar-refractivity contribution in [2.45, 2.75) is 31.3 Å². The molecule has 0 amide bonds. The lowest BCUT2D eigenvalue weighted by molar-refractivity contribution is -0.137. The molecule has 7 nitrogen and oxygen atoms in total. The number of carboxylic acids is 1. The summed E-state index contributed by atoms with van der Waals surface area (Å²) in [5, 5.41) is 18.7. The first-order valence-electron chi connectivity index (χ1n) is 6.21. The van der Waals surface area contributed by atoms with Crippen molar-refractivity contribution in [3.63, 3.8) is 0 Å². The number of carbonyl (C=O) groups is 1. The van der Waals surface area contributed by atoms with Gasteiger partial charge in [-0.2, -0.15) is 0 Å². The number of rotatable bonds is 7. The topological polar surface area (TPSA) is 104 Å². The van der Waals surface area contributed by atoms with Gasteiger partial charge in [0.05, 0.1) is 11.4 Å². The maximum atomic E-state index is 11.9. The van der Waals surface area contributed by atoms with Gasteiger partial charge in [-0.1, -0.05) is 0 Å². The molecule has 1 fully saturated rings. The van der Waals surface area contributed by atoms with Crippen LogP contribution in [0, 0.1) is 0 Å². The number of nitrogens with zero attached hydrogens (tertiary/aromatic N) is 1. The molecule has 0 spiro atoms. The predicted octanol–water partition coefficient (Wildman–Crippen LogP) is -0.346. The molecule has 0 bridgehead atoms. The summed E-state index contributed by atoms with van der Waals surface area (Å²) in [5.74, 6) is -1.23. The van der Waals surface area contributed by atoms with E-state index in [9.17, 15) is 18.3 Å². The van der Waals surface area contributed by atoms with Crippen molar-refractivity contribution in [3.05, 3.63) is 0 Å². The molecule has 1 aliphatic heterocycles. The summed E-state index contributed by atoms with van der Waals surface area (Å²) < 4.78 is 30.1. The van der Waals surface area contributed by atoms with Crippen molar-refractivity contribution in [2.75, 3.05) is 32.6 Å². The molecule has 0 saturated carbocycles. The number of carboxylic acid groups (broad SMARTS) is 1. The van der Waals surface area contributed by atoms with Crippen molar-refractivity contribution < 1.29 is 28.2 Å². The van der Waals surface area contributed by atoms with Crippen LogP contribution >= 0.6 is 0 Å². The van der Waals surface area contributed by atoms with E-state index < -0.39 is 21.6 Å². The highest BCUT2D eigenvalue weighted by molar-refractivity contribution is 7.89. The lowest BCUT2D eigenvalue weighted by atomic mass is 9.95. The van der Waals surface area contributed by atoms with E-state index in [4.69, 9.17) is 9.84 Å². The van der Waals surface area contributed by atoms with Gasteiger partial charge < -0.3 is 14.9 Å². The largest absolute Gasteiger partial charge is 0.481 e. The van der Waals surface area contributed by atoms with Crippen LogP contribution < -0.4 is 0 Å². The number of aliphatic carboxylic acids is 1. The molecular formula is C11H21NO6S. The molecular weight excluding hydrogens is 274 g/mol. The zero-order chi connectivity index (χ0) is 14.5. The number of hydrogen-bond donors (Lipinski definition) is 2. The number of ether oxygens (including phenoxy) is 1. The summed E-state index contributed by atoms with van der Waals surface area (Å²) in [7, 11) is -2.12. The van der Waals surface area contributed by atoms with E-state index in [0.717, 1.165) is 4.31 Å². The van der Waals surface area contributed by atoms with E-state index in [1.807, 2.05) is 0 Å². The zero-order valence-electron chi connectivity index (χ0n) is 11.0. The third-order valence-corrected chi connectivity index (χ3v) is 5.09. The van der Waals surface area contributed by atoms with Crippen LogP contribution in [0.25, 0.3) is 0 Å². The van der Waals surface area contributed by atoms with Crippen LogP contribution in [0.5, 0.6) is 0 Å². The molecule has 1 rings (SSSR count).